The SMILES string of the molecule is O=C(Nc1nnc(SCc2cccs2)s1)c1ccc(NC(=O)c2cccs2)cc1. The van der Waals surface area contributed by atoms with Crippen molar-refractivity contribution >= 4 is 68.4 Å². The summed E-state index contributed by atoms with van der Waals surface area (Å²) in [5.74, 6) is 0.393. The van der Waals surface area contributed by atoms with Crippen LogP contribution in [0.25, 0.3) is 0 Å². The molecule has 3 heterocycles. The minimum Gasteiger partial charge on any atom is -0.321 e. The van der Waals surface area contributed by atoms with E-state index in [1.54, 1.807) is 53.4 Å². The predicted octanol–water partition coefficient (Wildman–Crippen LogP) is 5.46. The molecule has 0 unspecified atom stereocenters. The number of rotatable bonds is 7. The van der Waals surface area contributed by atoms with Gasteiger partial charge in [-0.1, -0.05) is 35.2 Å². The van der Waals surface area contributed by atoms with E-state index in [2.05, 4.69) is 26.9 Å². The molecule has 1 aromatic carbocycles. The van der Waals surface area contributed by atoms with Crippen LogP contribution in [0, 0.1) is 0 Å². The van der Waals surface area contributed by atoms with Gasteiger partial charge in [-0.3, -0.25) is 14.9 Å². The van der Waals surface area contributed by atoms with Crippen molar-refractivity contribution in [3.8, 4) is 0 Å². The molecule has 4 aromatic rings. The van der Waals surface area contributed by atoms with E-state index in [1.807, 2.05) is 22.9 Å². The molecule has 0 saturated heterocycles. The van der Waals surface area contributed by atoms with Gasteiger partial charge >= 0.3 is 0 Å². The number of hydrogen-bond acceptors (Lipinski definition) is 8. The normalized spacial score (nSPS) is 10.6. The molecule has 0 bridgehead atoms. The standard InChI is InChI=1S/C19H14N4O2S4/c24-16(21-18-22-23-19(29-18)28-11-14-3-1-9-26-14)12-5-7-13(8-6-12)20-17(25)15-4-2-10-27-15/h1-10H,11H2,(H,20,25)(H,21,22,24). The molecule has 0 aliphatic rings. The van der Waals surface area contributed by atoms with Gasteiger partial charge in [0.2, 0.25) is 5.13 Å². The fourth-order valence-corrected chi connectivity index (χ4v) is 5.46. The number of thiophene rings is 2. The van der Waals surface area contributed by atoms with E-state index >= 15 is 0 Å². The van der Waals surface area contributed by atoms with Crippen molar-refractivity contribution in [1.29, 1.82) is 0 Å². The van der Waals surface area contributed by atoms with E-state index < -0.39 is 0 Å². The van der Waals surface area contributed by atoms with Crippen molar-refractivity contribution in [2.45, 2.75) is 10.1 Å². The van der Waals surface area contributed by atoms with Crippen LogP contribution in [0.2, 0.25) is 0 Å². The van der Waals surface area contributed by atoms with Gasteiger partial charge in [-0.15, -0.1) is 32.9 Å². The Kier molecular flexibility index (Phi) is 6.35. The smallest absolute Gasteiger partial charge is 0.265 e. The highest BCUT2D eigenvalue weighted by Crippen LogP contribution is 2.29. The monoisotopic (exact) mass is 458 g/mol. The summed E-state index contributed by atoms with van der Waals surface area (Å²) in [6.07, 6.45) is 0. The molecule has 2 N–H and O–H groups in total. The maximum atomic E-state index is 12.4. The summed E-state index contributed by atoms with van der Waals surface area (Å²) >= 11 is 6.01. The third kappa shape index (κ3) is 5.30. The van der Waals surface area contributed by atoms with Crippen LogP contribution in [-0.2, 0) is 5.75 Å². The van der Waals surface area contributed by atoms with Crippen molar-refractivity contribution in [1.82, 2.24) is 10.2 Å². The number of aromatic nitrogens is 2. The fourth-order valence-electron chi connectivity index (χ4n) is 2.32. The molecular formula is C19H14N4O2S4. The first-order chi connectivity index (χ1) is 14.2. The number of carbonyl (C=O) groups excluding carboxylic acids is 2. The lowest BCUT2D eigenvalue weighted by Crippen LogP contribution is -2.13. The molecule has 0 aliphatic carbocycles. The quantitative estimate of drug-likeness (QED) is 0.284. The Morgan fingerprint density at radius 3 is 2.41 bits per heavy atom. The lowest BCUT2D eigenvalue weighted by Gasteiger charge is -2.05. The summed E-state index contributed by atoms with van der Waals surface area (Å²) in [5.41, 5.74) is 1.10. The van der Waals surface area contributed by atoms with Gasteiger partial charge in [-0.05, 0) is 47.2 Å². The molecule has 4 rings (SSSR count). The Bertz CT molecular complexity index is 1090. The summed E-state index contributed by atoms with van der Waals surface area (Å²) in [4.78, 5) is 26.4. The Morgan fingerprint density at radius 2 is 1.69 bits per heavy atom. The Labute approximate surface area is 183 Å². The van der Waals surface area contributed by atoms with Crippen LogP contribution in [0.5, 0.6) is 0 Å². The lowest BCUT2D eigenvalue weighted by atomic mass is 10.2. The molecule has 6 nitrogen and oxygen atoms in total. The average Bonchev–Trinajstić information content (AvgIpc) is 3.49. The summed E-state index contributed by atoms with van der Waals surface area (Å²) in [7, 11) is 0. The minimum atomic E-state index is -0.271. The second-order valence-corrected chi connectivity index (χ2v) is 9.88. The maximum absolute atomic E-state index is 12.4. The fraction of sp³-hybridized carbons (Fsp3) is 0.0526. The third-order valence-corrected chi connectivity index (χ3v) is 7.64. The van der Waals surface area contributed by atoms with E-state index in [0.29, 0.717) is 21.3 Å². The molecule has 3 aromatic heterocycles. The first-order valence-electron chi connectivity index (χ1n) is 8.42. The van der Waals surface area contributed by atoms with Gasteiger partial charge in [0.25, 0.3) is 11.8 Å². The number of anilines is 2. The van der Waals surface area contributed by atoms with E-state index in [9.17, 15) is 9.59 Å². The lowest BCUT2D eigenvalue weighted by molar-refractivity contribution is 0.102. The van der Waals surface area contributed by atoms with Gasteiger partial charge in [0.1, 0.15) is 0 Å². The van der Waals surface area contributed by atoms with Gasteiger partial charge in [-0.2, -0.15) is 0 Å². The zero-order chi connectivity index (χ0) is 20.1. The van der Waals surface area contributed by atoms with Gasteiger partial charge in [0.05, 0.1) is 4.88 Å². The second-order valence-electron chi connectivity index (χ2n) is 5.70. The molecule has 146 valence electrons. The predicted molar refractivity (Wildman–Crippen MR) is 120 cm³/mol. The Hall–Kier alpha value is -2.53. The Balaban J connectivity index is 1.32. The van der Waals surface area contributed by atoms with Crippen molar-refractivity contribution in [3.63, 3.8) is 0 Å². The van der Waals surface area contributed by atoms with E-state index in [0.717, 1.165) is 10.1 Å². The number of benzene rings is 1. The highest BCUT2D eigenvalue weighted by Gasteiger charge is 2.12. The van der Waals surface area contributed by atoms with E-state index in [4.69, 9.17) is 0 Å². The number of thioether (sulfide) groups is 1. The van der Waals surface area contributed by atoms with Gasteiger partial charge in [0.15, 0.2) is 4.34 Å². The molecule has 0 aliphatic heterocycles. The van der Waals surface area contributed by atoms with Crippen LogP contribution in [-0.4, -0.2) is 22.0 Å². The van der Waals surface area contributed by atoms with Crippen LogP contribution in [0.4, 0.5) is 10.8 Å². The molecule has 0 radical (unpaired) electrons. The molecule has 29 heavy (non-hydrogen) atoms. The van der Waals surface area contributed by atoms with E-state index in [-0.39, 0.29) is 11.8 Å². The van der Waals surface area contributed by atoms with Crippen molar-refractivity contribution in [3.05, 3.63) is 74.6 Å². The molecule has 10 heteroatoms. The third-order valence-electron chi connectivity index (χ3n) is 3.69. The Morgan fingerprint density at radius 1 is 0.897 bits per heavy atom. The number of hydrogen-bond donors (Lipinski definition) is 2. The molecule has 2 amide bonds. The molecule has 0 fully saturated rings. The van der Waals surface area contributed by atoms with E-state index in [1.165, 1.54) is 27.6 Å². The largest absolute Gasteiger partial charge is 0.321 e. The first-order valence-corrected chi connectivity index (χ1v) is 12.0. The van der Waals surface area contributed by atoms with Crippen LogP contribution < -0.4 is 10.6 Å². The average molecular weight is 459 g/mol. The van der Waals surface area contributed by atoms with Crippen molar-refractivity contribution in [2.24, 2.45) is 0 Å². The van der Waals surface area contributed by atoms with Crippen LogP contribution >= 0.6 is 45.8 Å². The topological polar surface area (TPSA) is 84.0 Å². The zero-order valence-corrected chi connectivity index (χ0v) is 18.1. The minimum absolute atomic E-state index is 0.168. The molecule has 0 atom stereocenters. The van der Waals surface area contributed by atoms with Crippen LogP contribution in [0.1, 0.15) is 24.9 Å². The zero-order valence-electron chi connectivity index (χ0n) is 14.8. The summed E-state index contributed by atoms with van der Waals surface area (Å²) < 4.78 is 0.806. The number of nitrogens with zero attached hydrogens (tertiary/aromatic N) is 2. The van der Waals surface area contributed by atoms with Gasteiger partial charge in [0, 0.05) is 21.9 Å². The number of nitrogens with one attached hydrogen (secondary N) is 2. The van der Waals surface area contributed by atoms with Crippen molar-refractivity contribution in [2.75, 3.05) is 10.6 Å². The summed E-state index contributed by atoms with van der Waals surface area (Å²) in [6, 6.07) is 14.4. The van der Waals surface area contributed by atoms with Gasteiger partial charge < -0.3 is 5.32 Å². The molecular weight excluding hydrogens is 445 g/mol. The highest BCUT2D eigenvalue weighted by molar-refractivity contribution is 8.00. The molecule has 0 spiro atoms. The highest BCUT2D eigenvalue weighted by atomic mass is 32.2. The molecule has 0 saturated carbocycles. The first kappa shape index (κ1) is 19.8. The van der Waals surface area contributed by atoms with Gasteiger partial charge in [-0.25, -0.2) is 0 Å². The van der Waals surface area contributed by atoms with Crippen LogP contribution in [0.3, 0.4) is 0 Å². The maximum Gasteiger partial charge on any atom is 0.265 e. The van der Waals surface area contributed by atoms with Crippen LogP contribution in [0.15, 0.2) is 63.6 Å². The number of amides is 2. The summed E-state index contributed by atoms with van der Waals surface area (Å²) in [5, 5.41) is 18.1. The summed E-state index contributed by atoms with van der Waals surface area (Å²) in [6.45, 7) is 0. The second kappa shape index (κ2) is 9.31. The van der Waals surface area contributed by atoms with Crippen molar-refractivity contribution < 1.29 is 9.59 Å². The number of carbonyl (C=O) groups is 2.